The van der Waals surface area contributed by atoms with Crippen LogP contribution in [-0.2, 0) is 13.1 Å². The molecule has 0 bridgehead atoms. The average Bonchev–Trinajstić information content (AvgIpc) is 3.10. The van der Waals surface area contributed by atoms with Gasteiger partial charge >= 0.3 is 6.18 Å². The molecule has 22 heavy (non-hydrogen) atoms. The van der Waals surface area contributed by atoms with Crippen LogP contribution in [0.4, 0.5) is 13.2 Å². The molecule has 1 saturated carbocycles. The summed E-state index contributed by atoms with van der Waals surface area (Å²) in [6, 6.07) is 0.458. The van der Waals surface area contributed by atoms with E-state index in [9.17, 15) is 13.2 Å². The Morgan fingerprint density at radius 1 is 1.23 bits per heavy atom. The van der Waals surface area contributed by atoms with Crippen LogP contribution in [0.15, 0.2) is 0 Å². The molecule has 2 heterocycles. The predicted octanol–water partition coefficient (Wildman–Crippen LogP) is 3.39. The third kappa shape index (κ3) is 3.14. The zero-order valence-corrected chi connectivity index (χ0v) is 12.9. The molecule has 124 valence electrons. The molecule has 0 radical (unpaired) electrons. The molecule has 0 unspecified atom stereocenters. The van der Waals surface area contributed by atoms with Crippen LogP contribution in [0.3, 0.4) is 0 Å². The largest absolute Gasteiger partial charge is 0.398 e. The van der Waals surface area contributed by atoms with E-state index in [4.69, 9.17) is 0 Å². The molecule has 4 nitrogen and oxygen atoms in total. The number of rotatable bonds is 4. The second kappa shape index (κ2) is 6.18. The van der Waals surface area contributed by atoms with E-state index in [1.54, 1.807) is 4.57 Å². The summed E-state index contributed by atoms with van der Waals surface area (Å²) in [5.74, 6) is 0.0511. The standard InChI is InChI=1S/C15H23F3N4/c1-2-10-5-6-11(8-10)19-9-13-20-21-14-12(15(16,17)18)4-3-7-22(13)14/h10-12,19H,2-9H2,1H3/t10-,11+,12+/m1/s1. The van der Waals surface area contributed by atoms with Gasteiger partial charge in [-0.2, -0.15) is 13.2 Å². The highest BCUT2D eigenvalue weighted by Gasteiger charge is 2.45. The molecule has 0 amide bonds. The molecule has 1 aliphatic heterocycles. The molecule has 1 aromatic heterocycles. The quantitative estimate of drug-likeness (QED) is 0.926. The normalized spacial score (nSPS) is 28.8. The molecule has 1 aliphatic carbocycles. The Morgan fingerprint density at radius 3 is 2.73 bits per heavy atom. The van der Waals surface area contributed by atoms with E-state index in [-0.39, 0.29) is 12.2 Å². The van der Waals surface area contributed by atoms with Gasteiger partial charge in [0.2, 0.25) is 0 Å². The van der Waals surface area contributed by atoms with Gasteiger partial charge in [-0.25, -0.2) is 0 Å². The van der Waals surface area contributed by atoms with Crippen molar-refractivity contribution in [1.29, 1.82) is 0 Å². The fraction of sp³-hybridized carbons (Fsp3) is 0.867. The SMILES string of the molecule is CC[C@@H]1CC[C@H](NCc2nnc3n2CCC[C@@H]3C(F)(F)F)C1. The summed E-state index contributed by atoms with van der Waals surface area (Å²) >= 11 is 0. The van der Waals surface area contributed by atoms with E-state index in [2.05, 4.69) is 22.4 Å². The van der Waals surface area contributed by atoms with Gasteiger partial charge in [0.15, 0.2) is 0 Å². The summed E-state index contributed by atoms with van der Waals surface area (Å²) in [4.78, 5) is 0. The molecule has 3 atom stereocenters. The fourth-order valence-electron chi connectivity index (χ4n) is 3.74. The van der Waals surface area contributed by atoms with Gasteiger partial charge in [-0.15, -0.1) is 10.2 Å². The Bertz CT molecular complexity index is 511. The highest BCUT2D eigenvalue weighted by molar-refractivity contribution is 5.08. The third-order valence-electron chi connectivity index (χ3n) is 5.10. The molecule has 1 fully saturated rings. The number of aromatic nitrogens is 3. The van der Waals surface area contributed by atoms with E-state index in [0.717, 1.165) is 18.8 Å². The van der Waals surface area contributed by atoms with E-state index < -0.39 is 12.1 Å². The third-order valence-corrected chi connectivity index (χ3v) is 5.10. The average molecular weight is 316 g/mol. The Morgan fingerprint density at radius 2 is 2.05 bits per heavy atom. The Labute approximate surface area is 128 Å². The molecule has 7 heteroatoms. The van der Waals surface area contributed by atoms with Crippen molar-refractivity contribution in [2.24, 2.45) is 5.92 Å². The molecule has 0 saturated heterocycles. The molecule has 2 aliphatic rings. The number of alkyl halides is 3. The summed E-state index contributed by atoms with van der Waals surface area (Å²) < 4.78 is 40.8. The van der Waals surface area contributed by atoms with Gasteiger partial charge in [-0.3, -0.25) is 0 Å². The number of hydrogen-bond donors (Lipinski definition) is 1. The van der Waals surface area contributed by atoms with E-state index in [0.29, 0.717) is 31.4 Å². The van der Waals surface area contributed by atoms with E-state index in [1.807, 2.05) is 0 Å². The van der Waals surface area contributed by atoms with Crippen LogP contribution in [0.1, 0.15) is 63.0 Å². The molecule has 1 aromatic rings. The highest BCUT2D eigenvalue weighted by atomic mass is 19.4. The van der Waals surface area contributed by atoms with Gasteiger partial charge in [0.05, 0.1) is 6.54 Å². The van der Waals surface area contributed by atoms with Crippen molar-refractivity contribution in [2.75, 3.05) is 0 Å². The molecule has 3 rings (SSSR count). The summed E-state index contributed by atoms with van der Waals surface area (Å²) in [6.45, 7) is 3.31. The lowest BCUT2D eigenvalue weighted by Gasteiger charge is -2.25. The van der Waals surface area contributed by atoms with Crippen LogP contribution in [-0.4, -0.2) is 27.0 Å². The minimum absolute atomic E-state index is 0.0911. The van der Waals surface area contributed by atoms with Crippen molar-refractivity contribution in [3.63, 3.8) is 0 Å². The highest BCUT2D eigenvalue weighted by Crippen LogP contribution is 2.40. The number of hydrogen-bond acceptors (Lipinski definition) is 3. The predicted molar refractivity (Wildman–Crippen MR) is 76.3 cm³/mol. The lowest BCUT2D eigenvalue weighted by atomic mass is 9.98. The van der Waals surface area contributed by atoms with Crippen LogP contribution in [0.5, 0.6) is 0 Å². The monoisotopic (exact) mass is 316 g/mol. The first-order valence-corrected chi connectivity index (χ1v) is 8.21. The van der Waals surface area contributed by atoms with Crippen molar-refractivity contribution >= 4 is 0 Å². The second-order valence-electron chi connectivity index (χ2n) is 6.53. The maximum Gasteiger partial charge on any atom is 0.398 e. The first-order valence-electron chi connectivity index (χ1n) is 8.21. The Hall–Kier alpha value is -1.11. The van der Waals surface area contributed by atoms with Crippen LogP contribution in [0.25, 0.3) is 0 Å². The lowest BCUT2D eigenvalue weighted by molar-refractivity contribution is -0.156. The number of fused-ring (bicyclic) bond motifs is 1. The van der Waals surface area contributed by atoms with Gasteiger partial charge in [0.25, 0.3) is 0 Å². The minimum atomic E-state index is -4.23. The van der Waals surface area contributed by atoms with Crippen molar-refractivity contribution in [3.8, 4) is 0 Å². The summed E-state index contributed by atoms with van der Waals surface area (Å²) in [5.41, 5.74) is 0. The van der Waals surface area contributed by atoms with Gasteiger partial charge < -0.3 is 9.88 Å². The second-order valence-corrected chi connectivity index (χ2v) is 6.53. The number of nitrogens with zero attached hydrogens (tertiary/aromatic N) is 3. The maximum atomic E-state index is 13.0. The molecule has 1 N–H and O–H groups in total. The van der Waals surface area contributed by atoms with Crippen molar-refractivity contribution in [2.45, 2.75) is 76.7 Å². The summed E-state index contributed by atoms with van der Waals surface area (Å²) in [5, 5.41) is 11.3. The van der Waals surface area contributed by atoms with Crippen LogP contribution >= 0.6 is 0 Å². The van der Waals surface area contributed by atoms with Crippen molar-refractivity contribution in [1.82, 2.24) is 20.1 Å². The Kier molecular flexibility index (Phi) is 4.43. The molecule has 0 aromatic carbocycles. The van der Waals surface area contributed by atoms with Crippen LogP contribution in [0.2, 0.25) is 0 Å². The minimum Gasteiger partial charge on any atom is -0.313 e. The number of halogens is 3. The van der Waals surface area contributed by atoms with E-state index in [1.165, 1.54) is 12.8 Å². The Balaban J connectivity index is 1.65. The molecular formula is C15H23F3N4. The number of nitrogens with one attached hydrogen (secondary N) is 1. The van der Waals surface area contributed by atoms with Crippen LogP contribution < -0.4 is 5.32 Å². The maximum absolute atomic E-state index is 13.0. The first-order chi connectivity index (χ1) is 10.5. The summed E-state index contributed by atoms with van der Waals surface area (Å²) in [6.07, 6.45) is 1.16. The zero-order valence-electron chi connectivity index (χ0n) is 12.9. The first kappa shape index (κ1) is 15.8. The van der Waals surface area contributed by atoms with Gasteiger partial charge in [-0.05, 0) is 38.0 Å². The van der Waals surface area contributed by atoms with Gasteiger partial charge in [-0.1, -0.05) is 13.3 Å². The molecule has 0 spiro atoms. The van der Waals surface area contributed by atoms with Crippen LogP contribution in [0, 0.1) is 5.92 Å². The van der Waals surface area contributed by atoms with Gasteiger partial charge in [0.1, 0.15) is 17.6 Å². The zero-order chi connectivity index (χ0) is 15.7. The fourth-order valence-corrected chi connectivity index (χ4v) is 3.74. The van der Waals surface area contributed by atoms with Gasteiger partial charge in [0, 0.05) is 12.6 Å². The van der Waals surface area contributed by atoms with Crippen molar-refractivity contribution in [3.05, 3.63) is 11.6 Å². The van der Waals surface area contributed by atoms with E-state index >= 15 is 0 Å². The smallest absolute Gasteiger partial charge is 0.313 e. The summed E-state index contributed by atoms with van der Waals surface area (Å²) in [7, 11) is 0. The molecular weight excluding hydrogens is 293 g/mol. The topological polar surface area (TPSA) is 42.7 Å². The lowest BCUT2D eigenvalue weighted by Crippen LogP contribution is -2.31. The van der Waals surface area contributed by atoms with Crippen molar-refractivity contribution < 1.29 is 13.2 Å².